The first-order valence-electron chi connectivity index (χ1n) is 6.19. The Labute approximate surface area is 113 Å². The van der Waals surface area contributed by atoms with Crippen molar-refractivity contribution >= 4 is 10.0 Å². The fourth-order valence-electron chi connectivity index (χ4n) is 2.02. The Morgan fingerprint density at radius 2 is 2.32 bits per heavy atom. The van der Waals surface area contributed by atoms with E-state index in [1.807, 2.05) is 6.07 Å². The molecule has 1 atom stereocenters. The Hall–Kier alpha value is -1.42. The monoisotopic (exact) mass is 280 g/mol. The molecule has 1 aromatic carbocycles. The summed E-state index contributed by atoms with van der Waals surface area (Å²) in [6, 6.07) is 7.94. The van der Waals surface area contributed by atoms with Crippen molar-refractivity contribution < 1.29 is 13.2 Å². The van der Waals surface area contributed by atoms with Crippen molar-refractivity contribution in [3.63, 3.8) is 0 Å². The van der Waals surface area contributed by atoms with Crippen molar-refractivity contribution in [1.29, 1.82) is 5.26 Å². The highest BCUT2D eigenvalue weighted by Crippen LogP contribution is 2.16. The van der Waals surface area contributed by atoms with Crippen LogP contribution in [0, 0.1) is 17.2 Å². The summed E-state index contributed by atoms with van der Waals surface area (Å²) in [5, 5.41) is 8.77. The van der Waals surface area contributed by atoms with Crippen molar-refractivity contribution in [3.8, 4) is 6.07 Å². The van der Waals surface area contributed by atoms with Crippen molar-refractivity contribution in [2.45, 2.75) is 17.7 Å². The number of rotatable bonds is 5. The molecule has 6 heteroatoms. The van der Waals surface area contributed by atoms with E-state index >= 15 is 0 Å². The lowest BCUT2D eigenvalue weighted by Crippen LogP contribution is -2.26. The molecule has 102 valence electrons. The van der Waals surface area contributed by atoms with Gasteiger partial charge in [-0.05, 0) is 37.0 Å². The number of sulfonamides is 1. The Kier molecular flexibility index (Phi) is 4.53. The number of benzene rings is 1. The molecule has 0 amide bonds. The number of nitriles is 1. The molecular formula is C13H16N2O3S. The second kappa shape index (κ2) is 6.15. The number of hydrogen-bond acceptors (Lipinski definition) is 4. The van der Waals surface area contributed by atoms with E-state index in [2.05, 4.69) is 4.72 Å². The van der Waals surface area contributed by atoms with E-state index in [0.29, 0.717) is 24.6 Å². The van der Waals surface area contributed by atoms with Crippen LogP contribution in [0.3, 0.4) is 0 Å². The zero-order chi connectivity index (χ0) is 13.7. The summed E-state index contributed by atoms with van der Waals surface area (Å²) in [7, 11) is -3.53. The molecule has 0 spiro atoms. The van der Waals surface area contributed by atoms with E-state index in [-0.39, 0.29) is 4.90 Å². The van der Waals surface area contributed by atoms with E-state index in [4.69, 9.17) is 10.00 Å². The van der Waals surface area contributed by atoms with Gasteiger partial charge in [0.1, 0.15) is 0 Å². The van der Waals surface area contributed by atoms with Crippen LogP contribution in [0.25, 0.3) is 0 Å². The quantitative estimate of drug-likeness (QED) is 0.880. The third-order valence-electron chi connectivity index (χ3n) is 3.14. The van der Waals surface area contributed by atoms with Crippen molar-refractivity contribution in [2.24, 2.45) is 5.92 Å². The van der Waals surface area contributed by atoms with Crippen LogP contribution in [-0.4, -0.2) is 28.2 Å². The molecule has 1 saturated heterocycles. The van der Waals surface area contributed by atoms with Gasteiger partial charge in [-0.2, -0.15) is 5.26 Å². The second-order valence-corrected chi connectivity index (χ2v) is 6.32. The van der Waals surface area contributed by atoms with Crippen molar-refractivity contribution in [1.82, 2.24) is 4.72 Å². The number of hydrogen-bond donors (Lipinski definition) is 1. The smallest absolute Gasteiger partial charge is 0.240 e. The highest BCUT2D eigenvalue weighted by atomic mass is 32.2. The lowest BCUT2D eigenvalue weighted by atomic mass is 10.1. The van der Waals surface area contributed by atoms with Gasteiger partial charge < -0.3 is 4.74 Å². The van der Waals surface area contributed by atoms with Crippen LogP contribution in [0.4, 0.5) is 0 Å². The predicted octanol–water partition coefficient (Wildman–Crippen LogP) is 1.26. The molecule has 0 aliphatic carbocycles. The van der Waals surface area contributed by atoms with Gasteiger partial charge in [-0.3, -0.25) is 0 Å². The molecule has 1 aliphatic rings. The zero-order valence-electron chi connectivity index (χ0n) is 10.5. The minimum absolute atomic E-state index is 0.134. The molecule has 1 unspecified atom stereocenters. The Balaban J connectivity index is 1.95. The fourth-order valence-corrected chi connectivity index (χ4v) is 3.12. The van der Waals surface area contributed by atoms with E-state index in [0.717, 1.165) is 19.4 Å². The normalized spacial score (nSPS) is 19.2. The molecule has 1 fully saturated rings. The minimum Gasteiger partial charge on any atom is -0.381 e. The first-order valence-corrected chi connectivity index (χ1v) is 7.68. The summed E-state index contributed by atoms with van der Waals surface area (Å²) in [5.41, 5.74) is 0.340. The topological polar surface area (TPSA) is 79.2 Å². The van der Waals surface area contributed by atoms with Gasteiger partial charge in [0.05, 0.1) is 16.5 Å². The lowest BCUT2D eigenvalue weighted by Gasteiger charge is -2.09. The highest BCUT2D eigenvalue weighted by Gasteiger charge is 2.18. The molecule has 1 N–H and O–H groups in total. The Morgan fingerprint density at radius 3 is 3.00 bits per heavy atom. The molecule has 19 heavy (non-hydrogen) atoms. The second-order valence-electron chi connectivity index (χ2n) is 4.56. The van der Waals surface area contributed by atoms with Crippen LogP contribution in [-0.2, 0) is 14.8 Å². The standard InChI is InChI=1S/C13H16N2O3S/c14-9-12-2-1-3-13(8-12)19(16,17)15-6-4-11-5-7-18-10-11/h1-3,8,11,15H,4-7,10H2. The van der Waals surface area contributed by atoms with Crippen LogP contribution < -0.4 is 4.72 Å². The van der Waals surface area contributed by atoms with Gasteiger partial charge >= 0.3 is 0 Å². The first kappa shape index (κ1) is 14.0. The van der Waals surface area contributed by atoms with Gasteiger partial charge in [0, 0.05) is 19.8 Å². The predicted molar refractivity (Wildman–Crippen MR) is 69.9 cm³/mol. The van der Waals surface area contributed by atoms with Crippen LogP contribution >= 0.6 is 0 Å². The fraction of sp³-hybridized carbons (Fsp3) is 0.462. The van der Waals surface area contributed by atoms with Crippen LogP contribution in [0.1, 0.15) is 18.4 Å². The lowest BCUT2D eigenvalue weighted by molar-refractivity contribution is 0.184. The van der Waals surface area contributed by atoms with Crippen molar-refractivity contribution in [3.05, 3.63) is 29.8 Å². The molecule has 5 nitrogen and oxygen atoms in total. The van der Waals surface area contributed by atoms with E-state index in [1.54, 1.807) is 12.1 Å². The first-order chi connectivity index (χ1) is 9.12. The molecular weight excluding hydrogens is 264 g/mol. The Morgan fingerprint density at radius 1 is 1.47 bits per heavy atom. The SMILES string of the molecule is N#Cc1cccc(S(=O)(=O)NCCC2CCOC2)c1. The maximum Gasteiger partial charge on any atom is 0.240 e. The van der Waals surface area contributed by atoms with Gasteiger partial charge in [0.2, 0.25) is 10.0 Å². The molecule has 1 heterocycles. The number of nitrogens with one attached hydrogen (secondary N) is 1. The summed E-state index contributed by atoms with van der Waals surface area (Å²) < 4.78 is 31.8. The minimum atomic E-state index is -3.53. The number of nitrogens with zero attached hydrogens (tertiary/aromatic N) is 1. The van der Waals surface area contributed by atoms with Crippen LogP contribution in [0.5, 0.6) is 0 Å². The summed E-state index contributed by atoms with van der Waals surface area (Å²) in [4.78, 5) is 0.134. The molecule has 2 rings (SSSR count). The average Bonchev–Trinajstić information content (AvgIpc) is 2.92. The maximum atomic E-state index is 12.0. The third kappa shape index (κ3) is 3.77. The summed E-state index contributed by atoms with van der Waals surface area (Å²) in [6.45, 7) is 1.88. The van der Waals surface area contributed by atoms with Crippen LogP contribution in [0.15, 0.2) is 29.2 Å². The Bertz CT molecular complexity index is 572. The summed E-state index contributed by atoms with van der Waals surface area (Å²) in [6.07, 6.45) is 1.77. The summed E-state index contributed by atoms with van der Waals surface area (Å²) >= 11 is 0. The average molecular weight is 280 g/mol. The molecule has 1 aliphatic heterocycles. The van der Waals surface area contributed by atoms with Crippen LogP contribution in [0.2, 0.25) is 0 Å². The van der Waals surface area contributed by atoms with E-state index in [1.165, 1.54) is 12.1 Å². The highest BCUT2D eigenvalue weighted by molar-refractivity contribution is 7.89. The largest absolute Gasteiger partial charge is 0.381 e. The van der Waals surface area contributed by atoms with E-state index in [9.17, 15) is 8.42 Å². The van der Waals surface area contributed by atoms with Gasteiger partial charge in [-0.25, -0.2) is 13.1 Å². The molecule has 1 aromatic rings. The molecule has 0 saturated carbocycles. The molecule has 0 radical (unpaired) electrons. The maximum absolute atomic E-state index is 12.0. The number of ether oxygens (including phenoxy) is 1. The van der Waals surface area contributed by atoms with E-state index < -0.39 is 10.0 Å². The van der Waals surface area contributed by atoms with Gasteiger partial charge in [-0.15, -0.1) is 0 Å². The third-order valence-corrected chi connectivity index (χ3v) is 4.60. The van der Waals surface area contributed by atoms with Gasteiger partial charge in [-0.1, -0.05) is 6.07 Å². The van der Waals surface area contributed by atoms with Gasteiger partial charge in [0.25, 0.3) is 0 Å². The summed E-state index contributed by atoms with van der Waals surface area (Å²) in [5.74, 6) is 0.438. The van der Waals surface area contributed by atoms with Gasteiger partial charge in [0.15, 0.2) is 0 Å². The zero-order valence-corrected chi connectivity index (χ0v) is 11.3. The van der Waals surface area contributed by atoms with Crippen molar-refractivity contribution in [2.75, 3.05) is 19.8 Å². The molecule has 0 aromatic heterocycles. The molecule has 0 bridgehead atoms.